The van der Waals surface area contributed by atoms with E-state index in [-0.39, 0.29) is 24.9 Å². The lowest BCUT2D eigenvalue weighted by atomic mass is 10.0. The molecule has 62 heavy (non-hydrogen) atoms. The normalized spacial score (nSPS) is 13.7. The third-order valence-electron chi connectivity index (χ3n) is 12.0. The van der Waals surface area contributed by atoms with Crippen LogP contribution in [0.4, 0.5) is 0 Å². The molecular weight excluding hydrogens is 767 g/mol. The van der Waals surface area contributed by atoms with E-state index in [0.29, 0.717) is 19.3 Å². The molecule has 0 aromatic heterocycles. The van der Waals surface area contributed by atoms with Gasteiger partial charge in [0.15, 0.2) is 0 Å². The summed E-state index contributed by atoms with van der Waals surface area (Å²) in [5.41, 5.74) is 0. The summed E-state index contributed by atoms with van der Waals surface area (Å²) in [5.74, 6) is -0.510. The lowest BCUT2D eigenvalue weighted by Gasteiger charge is -2.24. The molecule has 3 unspecified atom stereocenters. The van der Waals surface area contributed by atoms with E-state index >= 15 is 0 Å². The largest absolute Gasteiger partial charge is 0.462 e. The predicted octanol–water partition coefficient (Wildman–Crippen LogP) is 16.0. The third kappa shape index (κ3) is 44.2. The van der Waals surface area contributed by atoms with Crippen molar-refractivity contribution in [2.24, 2.45) is 0 Å². The second-order valence-electron chi connectivity index (χ2n) is 18.1. The summed E-state index contributed by atoms with van der Waals surface area (Å²) in [6.07, 6.45) is 61.3. The molecule has 3 N–H and O–H groups in total. The van der Waals surface area contributed by atoms with Gasteiger partial charge in [0.1, 0.15) is 6.10 Å². The van der Waals surface area contributed by atoms with Gasteiger partial charge in [0.2, 0.25) is 5.91 Å². The second kappa shape index (κ2) is 49.6. The first-order valence-corrected chi connectivity index (χ1v) is 26.6. The minimum atomic E-state index is -0.800. The fraction of sp³-hybridized carbons (Fsp3) is 0.786. The fourth-order valence-corrected chi connectivity index (χ4v) is 7.93. The molecule has 0 aromatic rings. The van der Waals surface area contributed by atoms with Crippen LogP contribution in [0.5, 0.6) is 0 Å². The average molecular weight is 868 g/mol. The van der Waals surface area contributed by atoms with E-state index in [9.17, 15) is 19.8 Å². The summed E-state index contributed by atoms with van der Waals surface area (Å²) in [7, 11) is 0. The standard InChI is InChI=1S/C56H101NO5/c1-4-7-10-13-16-19-22-25-27-29-30-32-35-38-41-44-47-52(62-56(61)49-46-43-40-37-34-24-21-18-15-12-9-6-3)50-55(60)57-53(51-58)54(59)48-45-42-39-36-33-31-28-26-23-20-17-14-11-8-5-2/h10,13,16,19,22,25,27,29-30,32,52-54,58-59H,4-9,11-12,14-15,17-18,20-21,23-24,26,28,31,33-51H2,1-3H3,(H,57,60)/b13-10+,19-16+,25-22+,29-27+,32-30+. The highest BCUT2D eigenvalue weighted by Gasteiger charge is 2.24. The molecule has 6 nitrogen and oxygen atoms in total. The first-order chi connectivity index (χ1) is 30.5. The summed E-state index contributed by atoms with van der Waals surface area (Å²) in [6.45, 7) is 6.39. The zero-order chi connectivity index (χ0) is 45.2. The SMILES string of the molecule is CCC/C=C/C=C/C=C/C=C/C=C/CCCCCC(CC(=O)NC(CO)C(O)CCCCCCCCCCCCCCCCC)OC(=O)CCCCCCCCCCCCCC. The molecule has 0 aromatic carbocycles. The highest BCUT2D eigenvalue weighted by molar-refractivity contribution is 5.77. The number of hydrogen-bond acceptors (Lipinski definition) is 5. The van der Waals surface area contributed by atoms with Gasteiger partial charge in [-0.15, -0.1) is 0 Å². The lowest BCUT2D eigenvalue weighted by Crippen LogP contribution is -2.46. The molecule has 1 amide bonds. The van der Waals surface area contributed by atoms with Crippen LogP contribution in [0.15, 0.2) is 60.8 Å². The zero-order valence-electron chi connectivity index (χ0n) is 41.0. The van der Waals surface area contributed by atoms with Gasteiger partial charge in [0.25, 0.3) is 0 Å². The van der Waals surface area contributed by atoms with Crippen molar-refractivity contribution in [3.05, 3.63) is 60.8 Å². The molecule has 360 valence electrons. The summed E-state index contributed by atoms with van der Waals surface area (Å²) in [4.78, 5) is 26.1. The minimum Gasteiger partial charge on any atom is -0.462 e. The number of allylic oxidation sites excluding steroid dienone is 10. The highest BCUT2D eigenvalue weighted by Crippen LogP contribution is 2.18. The summed E-state index contributed by atoms with van der Waals surface area (Å²) in [6, 6.07) is -0.716. The number of carbonyl (C=O) groups is 2. The van der Waals surface area contributed by atoms with Crippen LogP contribution < -0.4 is 5.32 Å². The van der Waals surface area contributed by atoms with Crippen molar-refractivity contribution in [2.45, 2.75) is 277 Å². The Morgan fingerprint density at radius 2 is 0.855 bits per heavy atom. The summed E-state index contributed by atoms with van der Waals surface area (Å²) >= 11 is 0. The van der Waals surface area contributed by atoms with Crippen molar-refractivity contribution >= 4 is 11.9 Å². The molecule has 0 saturated heterocycles. The number of aliphatic hydroxyl groups excluding tert-OH is 2. The second-order valence-corrected chi connectivity index (χ2v) is 18.1. The van der Waals surface area contributed by atoms with Crippen molar-refractivity contribution in [3.63, 3.8) is 0 Å². The Labute approximate surface area is 384 Å². The number of ether oxygens (including phenoxy) is 1. The molecule has 0 aliphatic rings. The van der Waals surface area contributed by atoms with Crippen molar-refractivity contribution < 1.29 is 24.5 Å². The number of amides is 1. The molecule has 0 bridgehead atoms. The van der Waals surface area contributed by atoms with E-state index in [1.165, 1.54) is 141 Å². The monoisotopic (exact) mass is 868 g/mol. The first kappa shape index (κ1) is 59.6. The maximum absolute atomic E-state index is 13.2. The van der Waals surface area contributed by atoms with Gasteiger partial charge in [0, 0.05) is 6.42 Å². The number of unbranched alkanes of at least 4 members (excludes halogenated alkanes) is 29. The van der Waals surface area contributed by atoms with E-state index < -0.39 is 18.2 Å². The predicted molar refractivity (Wildman–Crippen MR) is 268 cm³/mol. The van der Waals surface area contributed by atoms with E-state index in [1.54, 1.807) is 0 Å². The number of rotatable bonds is 47. The van der Waals surface area contributed by atoms with Crippen molar-refractivity contribution in [1.82, 2.24) is 5.32 Å². The maximum atomic E-state index is 13.2. The highest BCUT2D eigenvalue weighted by atomic mass is 16.5. The molecule has 0 aliphatic heterocycles. The summed E-state index contributed by atoms with van der Waals surface area (Å²) in [5, 5.41) is 23.8. The van der Waals surface area contributed by atoms with Crippen LogP contribution in [-0.2, 0) is 14.3 Å². The zero-order valence-corrected chi connectivity index (χ0v) is 41.0. The van der Waals surface area contributed by atoms with Gasteiger partial charge in [-0.05, 0) is 44.9 Å². The van der Waals surface area contributed by atoms with E-state index in [1.807, 2.05) is 36.5 Å². The van der Waals surface area contributed by atoms with E-state index in [2.05, 4.69) is 50.4 Å². The number of esters is 1. The average Bonchev–Trinajstić information content (AvgIpc) is 3.26. The fourth-order valence-electron chi connectivity index (χ4n) is 7.93. The number of aliphatic hydroxyl groups is 2. The molecule has 3 atom stereocenters. The van der Waals surface area contributed by atoms with Gasteiger partial charge in [-0.2, -0.15) is 0 Å². The Bertz CT molecular complexity index is 1110. The van der Waals surface area contributed by atoms with Crippen molar-refractivity contribution in [3.8, 4) is 0 Å². The molecule has 0 saturated carbocycles. The third-order valence-corrected chi connectivity index (χ3v) is 12.0. The minimum absolute atomic E-state index is 0.0504. The molecule has 0 spiro atoms. The molecule has 0 rings (SSSR count). The van der Waals surface area contributed by atoms with Crippen molar-refractivity contribution in [1.29, 1.82) is 0 Å². The smallest absolute Gasteiger partial charge is 0.306 e. The van der Waals surface area contributed by atoms with Crippen LogP contribution in [0, 0.1) is 0 Å². The molecule has 6 heteroatoms. The number of carbonyl (C=O) groups excluding carboxylic acids is 2. The maximum Gasteiger partial charge on any atom is 0.306 e. The van der Waals surface area contributed by atoms with Gasteiger partial charge >= 0.3 is 5.97 Å². The van der Waals surface area contributed by atoms with Crippen LogP contribution in [0.3, 0.4) is 0 Å². The van der Waals surface area contributed by atoms with E-state index in [0.717, 1.165) is 70.6 Å². The van der Waals surface area contributed by atoms with Gasteiger partial charge < -0.3 is 20.3 Å². The molecule has 0 heterocycles. The van der Waals surface area contributed by atoms with Crippen LogP contribution in [0.1, 0.15) is 258 Å². The topological polar surface area (TPSA) is 95.9 Å². The summed E-state index contributed by atoms with van der Waals surface area (Å²) < 4.78 is 5.92. The molecular formula is C56H101NO5. The van der Waals surface area contributed by atoms with Gasteiger partial charge in [-0.3, -0.25) is 9.59 Å². The number of hydrogen-bond donors (Lipinski definition) is 3. The lowest BCUT2D eigenvalue weighted by molar-refractivity contribution is -0.151. The Kier molecular flexibility index (Phi) is 47.6. The van der Waals surface area contributed by atoms with Crippen molar-refractivity contribution in [2.75, 3.05) is 6.61 Å². The van der Waals surface area contributed by atoms with E-state index in [4.69, 9.17) is 4.74 Å². The van der Waals surface area contributed by atoms with Gasteiger partial charge in [-0.1, -0.05) is 261 Å². The van der Waals surface area contributed by atoms with Crippen LogP contribution in [0.25, 0.3) is 0 Å². The molecule has 0 fully saturated rings. The van der Waals surface area contributed by atoms with Crippen LogP contribution in [0.2, 0.25) is 0 Å². The first-order valence-electron chi connectivity index (χ1n) is 26.6. The quantitative estimate of drug-likeness (QED) is 0.0322. The number of nitrogens with one attached hydrogen (secondary N) is 1. The van der Waals surface area contributed by atoms with Crippen LogP contribution >= 0.6 is 0 Å². The Morgan fingerprint density at radius 1 is 0.468 bits per heavy atom. The van der Waals surface area contributed by atoms with Crippen LogP contribution in [-0.4, -0.2) is 46.9 Å². The Balaban J connectivity index is 4.64. The Morgan fingerprint density at radius 3 is 1.31 bits per heavy atom. The Hall–Kier alpha value is -2.44. The molecule has 0 radical (unpaired) electrons. The van der Waals surface area contributed by atoms with Gasteiger partial charge in [0.05, 0.1) is 25.2 Å². The van der Waals surface area contributed by atoms with Gasteiger partial charge in [-0.25, -0.2) is 0 Å². The molecule has 0 aliphatic carbocycles.